The van der Waals surface area contributed by atoms with Gasteiger partial charge in [-0.2, -0.15) is 0 Å². The summed E-state index contributed by atoms with van der Waals surface area (Å²) in [6.07, 6.45) is 7.50. The third-order valence-electron chi connectivity index (χ3n) is 6.63. The minimum absolute atomic E-state index is 0.0490. The lowest BCUT2D eigenvalue weighted by Crippen LogP contribution is -2.54. The lowest BCUT2D eigenvalue weighted by Gasteiger charge is -2.35. The molecule has 0 aliphatic heterocycles. The first kappa shape index (κ1) is 35.3. The van der Waals surface area contributed by atoms with Crippen molar-refractivity contribution in [3.63, 3.8) is 0 Å². The van der Waals surface area contributed by atoms with Crippen LogP contribution in [-0.2, 0) is 14.3 Å². The van der Waals surface area contributed by atoms with Crippen molar-refractivity contribution < 1.29 is 24.2 Å². The average Bonchev–Trinajstić information content (AvgIpc) is 2.84. The van der Waals surface area contributed by atoms with Crippen molar-refractivity contribution in [2.24, 2.45) is 5.92 Å². The highest BCUT2D eigenvalue weighted by atomic mass is 16.6. The predicted molar refractivity (Wildman–Crippen MR) is 161 cm³/mol. The van der Waals surface area contributed by atoms with Gasteiger partial charge in [-0.3, -0.25) is 9.59 Å². The van der Waals surface area contributed by atoms with E-state index in [1.54, 1.807) is 43.9 Å². The van der Waals surface area contributed by atoms with Crippen LogP contribution < -0.4 is 10.6 Å². The predicted octanol–water partition coefficient (Wildman–Crippen LogP) is 6.87. The molecule has 0 heterocycles. The van der Waals surface area contributed by atoms with E-state index in [-0.39, 0.29) is 29.5 Å². The molecule has 0 saturated carbocycles. The normalized spacial score (nSPS) is 13.8. The quantitative estimate of drug-likeness (QED) is 0.180. The number of hydrogen-bond donors (Lipinski definition) is 3. The van der Waals surface area contributed by atoms with Crippen LogP contribution in [0.3, 0.4) is 0 Å². The Labute approximate surface area is 242 Å². The van der Waals surface area contributed by atoms with Gasteiger partial charge in [0.1, 0.15) is 23.4 Å². The number of para-hydroxylation sites is 1. The zero-order chi connectivity index (χ0) is 30.3. The molecule has 0 aromatic heterocycles. The van der Waals surface area contributed by atoms with Crippen LogP contribution in [-0.4, -0.2) is 52.1 Å². The third kappa shape index (κ3) is 13.1. The van der Waals surface area contributed by atoms with Crippen molar-refractivity contribution in [2.45, 2.75) is 137 Å². The Kier molecular flexibility index (Phi) is 15.7. The lowest BCUT2D eigenvalue weighted by molar-refractivity contribution is -0.143. The van der Waals surface area contributed by atoms with Crippen molar-refractivity contribution in [3.05, 3.63) is 29.8 Å². The number of phenols is 1. The number of unbranched alkanes of at least 4 members (excludes halogenated alkanes) is 5. The van der Waals surface area contributed by atoms with Gasteiger partial charge in [0.25, 0.3) is 0 Å². The van der Waals surface area contributed by atoms with Gasteiger partial charge in [-0.25, -0.2) is 4.79 Å². The SMILES string of the molecule is CCCCCCCCN(C(=O)C(CC(C)C)NC(=O)OC(C)(C)C)C(C(=O)NC(C)CCC)c1ccccc1O. The van der Waals surface area contributed by atoms with Crippen LogP contribution in [0.25, 0.3) is 0 Å². The Morgan fingerprint density at radius 2 is 1.55 bits per heavy atom. The summed E-state index contributed by atoms with van der Waals surface area (Å²) in [5.74, 6) is -0.657. The Morgan fingerprint density at radius 3 is 2.12 bits per heavy atom. The second kappa shape index (κ2) is 17.8. The molecule has 3 amide bonds. The second-order valence-electron chi connectivity index (χ2n) is 12.3. The molecule has 1 aromatic rings. The number of amides is 3. The van der Waals surface area contributed by atoms with E-state index in [4.69, 9.17) is 4.74 Å². The van der Waals surface area contributed by atoms with Crippen molar-refractivity contribution >= 4 is 17.9 Å². The number of nitrogens with one attached hydrogen (secondary N) is 2. The molecule has 0 saturated heterocycles. The highest BCUT2D eigenvalue weighted by Crippen LogP contribution is 2.31. The lowest BCUT2D eigenvalue weighted by atomic mass is 9.97. The molecule has 228 valence electrons. The first-order chi connectivity index (χ1) is 18.8. The second-order valence-corrected chi connectivity index (χ2v) is 12.3. The minimum Gasteiger partial charge on any atom is -0.508 e. The summed E-state index contributed by atoms with van der Waals surface area (Å²) in [5.41, 5.74) is -0.356. The number of aromatic hydroxyl groups is 1. The van der Waals surface area contributed by atoms with E-state index in [9.17, 15) is 19.5 Å². The average molecular weight is 562 g/mol. The van der Waals surface area contributed by atoms with Crippen molar-refractivity contribution in [1.29, 1.82) is 0 Å². The number of alkyl carbamates (subject to hydrolysis) is 1. The molecule has 0 aliphatic rings. The Balaban J connectivity index is 3.48. The van der Waals surface area contributed by atoms with Gasteiger partial charge < -0.3 is 25.4 Å². The van der Waals surface area contributed by atoms with Crippen LogP contribution in [0.15, 0.2) is 24.3 Å². The number of ether oxygens (including phenoxy) is 1. The number of rotatable bonds is 17. The summed E-state index contributed by atoms with van der Waals surface area (Å²) in [6.45, 7) is 15.8. The van der Waals surface area contributed by atoms with Crippen LogP contribution in [0.5, 0.6) is 5.75 Å². The van der Waals surface area contributed by atoms with Gasteiger partial charge in [-0.15, -0.1) is 0 Å². The summed E-state index contributed by atoms with van der Waals surface area (Å²) in [5, 5.41) is 16.6. The molecule has 8 nitrogen and oxygen atoms in total. The van der Waals surface area contributed by atoms with Crippen molar-refractivity contribution in [2.75, 3.05) is 6.54 Å². The number of hydrogen-bond acceptors (Lipinski definition) is 5. The van der Waals surface area contributed by atoms with Gasteiger partial charge in [-0.1, -0.05) is 84.4 Å². The van der Waals surface area contributed by atoms with Crippen molar-refractivity contribution in [1.82, 2.24) is 15.5 Å². The summed E-state index contributed by atoms with van der Waals surface area (Å²) in [4.78, 5) is 42.4. The Bertz CT molecular complexity index is 912. The minimum atomic E-state index is -1.04. The molecule has 0 spiro atoms. The Morgan fingerprint density at radius 1 is 0.925 bits per heavy atom. The molecule has 40 heavy (non-hydrogen) atoms. The molecule has 3 N–H and O–H groups in total. The molecular formula is C32H55N3O5. The van der Waals surface area contributed by atoms with Gasteiger partial charge >= 0.3 is 6.09 Å². The molecule has 1 aromatic carbocycles. The zero-order valence-corrected chi connectivity index (χ0v) is 26.2. The van der Waals surface area contributed by atoms with E-state index >= 15 is 0 Å². The van der Waals surface area contributed by atoms with Gasteiger partial charge in [0.2, 0.25) is 11.8 Å². The van der Waals surface area contributed by atoms with Crippen LogP contribution in [0.4, 0.5) is 4.79 Å². The van der Waals surface area contributed by atoms with Crippen molar-refractivity contribution in [3.8, 4) is 5.75 Å². The molecule has 8 heteroatoms. The maximum absolute atomic E-state index is 14.3. The fourth-order valence-electron chi connectivity index (χ4n) is 4.77. The highest BCUT2D eigenvalue weighted by Gasteiger charge is 2.37. The zero-order valence-electron chi connectivity index (χ0n) is 26.2. The summed E-state index contributed by atoms with van der Waals surface area (Å²) < 4.78 is 5.47. The van der Waals surface area contributed by atoms with Crippen LogP contribution in [0, 0.1) is 5.92 Å². The molecule has 3 unspecified atom stereocenters. The van der Waals surface area contributed by atoms with E-state index in [1.165, 1.54) is 6.07 Å². The highest BCUT2D eigenvalue weighted by molar-refractivity contribution is 5.92. The van der Waals surface area contributed by atoms with E-state index in [1.807, 2.05) is 20.8 Å². The number of carbonyl (C=O) groups is 3. The van der Waals surface area contributed by atoms with E-state index in [0.717, 1.165) is 44.9 Å². The Hall–Kier alpha value is -2.77. The molecule has 0 bridgehead atoms. The summed E-state index contributed by atoms with van der Waals surface area (Å²) in [7, 11) is 0. The van der Waals surface area contributed by atoms with E-state index in [2.05, 4.69) is 24.5 Å². The monoisotopic (exact) mass is 561 g/mol. The van der Waals surface area contributed by atoms with Gasteiger partial charge in [0.05, 0.1) is 0 Å². The van der Waals surface area contributed by atoms with Gasteiger partial charge in [-0.05, 0) is 58.9 Å². The first-order valence-electron chi connectivity index (χ1n) is 15.2. The number of nitrogens with zero attached hydrogens (tertiary/aromatic N) is 1. The maximum Gasteiger partial charge on any atom is 0.408 e. The third-order valence-corrected chi connectivity index (χ3v) is 6.63. The fraction of sp³-hybridized carbons (Fsp3) is 0.719. The largest absolute Gasteiger partial charge is 0.508 e. The number of phenolic OH excluding ortho intramolecular Hbond substituents is 1. The molecule has 1 rings (SSSR count). The standard InChI is InChI=1S/C32H55N3O5/c1-9-11-12-13-14-17-21-35(30(38)26(22-23(3)4)34-31(39)40-32(6,7)8)28(25-19-15-16-20-27(25)36)29(37)33-24(5)18-10-2/h15-16,19-20,23-24,26,28,36H,9-14,17-18,21-22H2,1-8H3,(H,33,37)(H,34,39). The summed E-state index contributed by atoms with van der Waals surface area (Å²) in [6, 6.07) is 4.64. The van der Waals surface area contributed by atoms with Gasteiger partial charge in [0, 0.05) is 18.2 Å². The number of carbonyl (C=O) groups excluding carboxylic acids is 3. The molecule has 0 aliphatic carbocycles. The summed E-state index contributed by atoms with van der Waals surface area (Å²) >= 11 is 0. The number of benzene rings is 1. The van der Waals surface area contributed by atoms with Crippen LogP contribution >= 0.6 is 0 Å². The fourth-order valence-corrected chi connectivity index (χ4v) is 4.77. The topological polar surface area (TPSA) is 108 Å². The molecule has 0 radical (unpaired) electrons. The van der Waals surface area contributed by atoms with Gasteiger partial charge in [0.15, 0.2) is 0 Å². The molecule has 0 fully saturated rings. The van der Waals surface area contributed by atoms with E-state index in [0.29, 0.717) is 24.9 Å². The molecular weight excluding hydrogens is 506 g/mol. The molecule has 3 atom stereocenters. The van der Waals surface area contributed by atoms with E-state index < -0.39 is 23.8 Å². The van der Waals surface area contributed by atoms with Crippen LogP contribution in [0.2, 0.25) is 0 Å². The van der Waals surface area contributed by atoms with Crippen LogP contribution in [0.1, 0.15) is 125 Å². The first-order valence-corrected chi connectivity index (χ1v) is 15.2. The maximum atomic E-state index is 14.3. The smallest absolute Gasteiger partial charge is 0.408 e.